The Morgan fingerprint density at radius 2 is 2.31 bits per heavy atom. The molecule has 1 N–H and O–H groups in total. The van der Waals surface area contributed by atoms with Gasteiger partial charge in [0.05, 0.1) is 36.2 Å². The van der Waals surface area contributed by atoms with E-state index >= 15 is 0 Å². The van der Waals surface area contributed by atoms with Crippen LogP contribution >= 0.6 is 11.3 Å². The lowest BCUT2D eigenvalue weighted by Gasteiger charge is -2.14. The van der Waals surface area contributed by atoms with Crippen molar-refractivity contribution in [1.82, 2.24) is 29.6 Å². The molecular formula is C22H24N6O3S. The SMILES string of the molecule is CCNC(=O)c1csc(Cc2nc(O[C@H]3CCOC3)c3c(ccn3-c3cnn(C)c3)n2)c1. The largest absolute Gasteiger partial charge is 0.470 e. The minimum atomic E-state index is -0.0647. The number of ether oxygens (including phenoxy) is 2. The Hall–Kier alpha value is -3.24. The van der Waals surface area contributed by atoms with Crippen molar-refractivity contribution in [2.45, 2.75) is 25.9 Å². The van der Waals surface area contributed by atoms with Crippen molar-refractivity contribution in [2.75, 3.05) is 19.8 Å². The van der Waals surface area contributed by atoms with Gasteiger partial charge in [-0.2, -0.15) is 10.1 Å². The average molecular weight is 453 g/mol. The maximum atomic E-state index is 12.1. The number of nitrogens with zero attached hydrogens (tertiary/aromatic N) is 5. The van der Waals surface area contributed by atoms with E-state index in [1.54, 1.807) is 10.9 Å². The second kappa shape index (κ2) is 8.71. The lowest BCUT2D eigenvalue weighted by atomic mass is 10.2. The zero-order valence-electron chi connectivity index (χ0n) is 17.9. The third-order valence-electron chi connectivity index (χ3n) is 5.27. The summed E-state index contributed by atoms with van der Waals surface area (Å²) in [6.07, 6.45) is 7.00. The Bertz CT molecular complexity index is 1250. The predicted octanol–water partition coefficient (Wildman–Crippen LogP) is 2.72. The number of hydrogen-bond acceptors (Lipinski definition) is 7. The van der Waals surface area contributed by atoms with Gasteiger partial charge in [0.25, 0.3) is 5.91 Å². The van der Waals surface area contributed by atoms with Crippen LogP contribution in [0, 0.1) is 0 Å². The highest BCUT2D eigenvalue weighted by molar-refractivity contribution is 7.10. The van der Waals surface area contributed by atoms with Crippen LogP contribution in [-0.2, 0) is 18.2 Å². The normalized spacial score (nSPS) is 16.0. The van der Waals surface area contributed by atoms with Crippen LogP contribution in [0.25, 0.3) is 16.7 Å². The fourth-order valence-corrected chi connectivity index (χ4v) is 4.60. The summed E-state index contributed by atoms with van der Waals surface area (Å²) in [6, 6.07) is 3.86. The first-order valence-electron chi connectivity index (χ1n) is 10.6. The van der Waals surface area contributed by atoms with Crippen LogP contribution in [-0.4, -0.2) is 56.1 Å². The molecule has 5 rings (SSSR count). The smallest absolute Gasteiger partial charge is 0.252 e. The van der Waals surface area contributed by atoms with Crippen molar-refractivity contribution < 1.29 is 14.3 Å². The molecule has 1 atom stereocenters. The molecular weight excluding hydrogens is 428 g/mol. The summed E-state index contributed by atoms with van der Waals surface area (Å²) >= 11 is 1.53. The summed E-state index contributed by atoms with van der Waals surface area (Å²) in [5.74, 6) is 1.12. The number of aryl methyl sites for hydroxylation is 1. The van der Waals surface area contributed by atoms with Crippen molar-refractivity contribution in [3.63, 3.8) is 0 Å². The minimum Gasteiger partial charge on any atom is -0.470 e. The highest BCUT2D eigenvalue weighted by atomic mass is 32.1. The van der Waals surface area contributed by atoms with Crippen molar-refractivity contribution in [3.05, 3.63) is 52.4 Å². The van der Waals surface area contributed by atoms with Gasteiger partial charge in [-0.25, -0.2) is 4.98 Å². The van der Waals surface area contributed by atoms with Crippen LogP contribution in [0.1, 0.15) is 34.4 Å². The van der Waals surface area contributed by atoms with E-state index in [-0.39, 0.29) is 12.0 Å². The van der Waals surface area contributed by atoms with E-state index in [0.717, 1.165) is 28.0 Å². The monoisotopic (exact) mass is 452 g/mol. The third-order valence-corrected chi connectivity index (χ3v) is 6.21. The van der Waals surface area contributed by atoms with Crippen LogP contribution in [0.3, 0.4) is 0 Å². The van der Waals surface area contributed by atoms with Crippen molar-refractivity contribution in [2.24, 2.45) is 7.05 Å². The van der Waals surface area contributed by atoms with Crippen LogP contribution in [0.4, 0.5) is 0 Å². The fraction of sp³-hybridized carbons (Fsp3) is 0.364. The minimum absolute atomic E-state index is 0.0377. The number of nitrogens with one attached hydrogen (secondary N) is 1. The first-order chi connectivity index (χ1) is 15.6. The molecule has 4 aromatic heterocycles. The Morgan fingerprint density at radius 3 is 3.06 bits per heavy atom. The molecule has 32 heavy (non-hydrogen) atoms. The molecule has 5 heterocycles. The Balaban J connectivity index is 1.51. The van der Waals surface area contributed by atoms with E-state index in [9.17, 15) is 4.79 Å². The standard InChI is InChI=1S/C22H24N6O3S/c1-3-23-21(29)14-8-17(32-13-14)9-19-25-18-4-6-28(15-10-24-27(2)11-15)20(18)22(26-19)31-16-5-7-30-12-16/h4,6,8,10-11,13,16H,3,5,7,9,12H2,1-2H3,(H,23,29)/t16-/m0/s1. The van der Waals surface area contributed by atoms with Gasteiger partial charge < -0.3 is 19.4 Å². The average Bonchev–Trinajstić information content (AvgIpc) is 3.55. The highest BCUT2D eigenvalue weighted by Crippen LogP contribution is 2.29. The Morgan fingerprint density at radius 1 is 1.41 bits per heavy atom. The van der Waals surface area contributed by atoms with Crippen molar-refractivity contribution in [3.8, 4) is 11.6 Å². The molecule has 1 aliphatic heterocycles. The predicted molar refractivity (Wildman–Crippen MR) is 121 cm³/mol. The fourth-order valence-electron chi connectivity index (χ4n) is 3.74. The molecule has 1 saturated heterocycles. The molecule has 1 amide bonds. The molecule has 0 saturated carbocycles. The molecule has 4 aromatic rings. The summed E-state index contributed by atoms with van der Waals surface area (Å²) < 4.78 is 15.5. The van der Waals surface area contributed by atoms with Crippen LogP contribution in [0.5, 0.6) is 5.88 Å². The number of thiophene rings is 1. The summed E-state index contributed by atoms with van der Waals surface area (Å²) in [7, 11) is 1.88. The lowest BCUT2D eigenvalue weighted by molar-refractivity contribution is 0.0956. The molecule has 1 fully saturated rings. The highest BCUT2D eigenvalue weighted by Gasteiger charge is 2.22. The number of amides is 1. The van der Waals surface area contributed by atoms with Gasteiger partial charge in [-0.1, -0.05) is 0 Å². The number of hydrogen-bond donors (Lipinski definition) is 1. The van der Waals surface area contributed by atoms with Crippen molar-refractivity contribution >= 4 is 28.3 Å². The molecule has 0 bridgehead atoms. The number of carbonyl (C=O) groups excluding carboxylic acids is 1. The molecule has 0 unspecified atom stereocenters. The maximum Gasteiger partial charge on any atom is 0.252 e. The van der Waals surface area contributed by atoms with E-state index in [0.29, 0.717) is 43.4 Å². The summed E-state index contributed by atoms with van der Waals surface area (Å²) in [6.45, 7) is 3.74. The van der Waals surface area contributed by atoms with Gasteiger partial charge >= 0.3 is 0 Å². The Labute approximate surface area is 189 Å². The summed E-state index contributed by atoms with van der Waals surface area (Å²) in [4.78, 5) is 22.7. The number of rotatable bonds is 7. The van der Waals surface area contributed by atoms with E-state index in [4.69, 9.17) is 19.4 Å². The van der Waals surface area contributed by atoms with Gasteiger partial charge in [-0.3, -0.25) is 9.48 Å². The van der Waals surface area contributed by atoms with Gasteiger partial charge in [-0.05, 0) is 19.1 Å². The molecule has 0 aliphatic carbocycles. The molecule has 10 heteroatoms. The zero-order valence-corrected chi connectivity index (χ0v) is 18.8. The molecule has 0 aromatic carbocycles. The first kappa shape index (κ1) is 20.7. The van der Waals surface area contributed by atoms with Gasteiger partial charge in [-0.15, -0.1) is 11.3 Å². The molecule has 9 nitrogen and oxygen atoms in total. The first-order valence-corrected chi connectivity index (χ1v) is 11.5. The number of carbonyl (C=O) groups is 1. The molecule has 166 valence electrons. The van der Waals surface area contributed by atoms with Gasteiger partial charge in [0.2, 0.25) is 5.88 Å². The summed E-state index contributed by atoms with van der Waals surface area (Å²) in [5.41, 5.74) is 3.18. The second-order valence-electron chi connectivity index (χ2n) is 7.68. The summed E-state index contributed by atoms with van der Waals surface area (Å²) in [5, 5.41) is 8.97. The van der Waals surface area contributed by atoms with Crippen molar-refractivity contribution in [1.29, 1.82) is 0 Å². The number of fused-ring (bicyclic) bond motifs is 1. The number of aromatic nitrogens is 5. The molecule has 0 radical (unpaired) electrons. The van der Waals surface area contributed by atoms with E-state index in [1.165, 1.54) is 11.3 Å². The third kappa shape index (κ3) is 4.11. The van der Waals surface area contributed by atoms with E-state index in [1.807, 2.05) is 48.4 Å². The van der Waals surface area contributed by atoms with Crippen LogP contribution < -0.4 is 10.1 Å². The molecule has 1 aliphatic rings. The quantitative estimate of drug-likeness (QED) is 0.463. The van der Waals surface area contributed by atoms with E-state index in [2.05, 4.69) is 10.4 Å². The van der Waals surface area contributed by atoms with Gasteiger partial charge in [0.1, 0.15) is 17.4 Å². The second-order valence-corrected chi connectivity index (χ2v) is 8.67. The topological polar surface area (TPSA) is 96.1 Å². The van der Waals surface area contributed by atoms with Gasteiger partial charge in [0.15, 0.2) is 0 Å². The zero-order chi connectivity index (χ0) is 22.1. The van der Waals surface area contributed by atoms with E-state index < -0.39 is 0 Å². The Kier molecular flexibility index (Phi) is 5.62. The van der Waals surface area contributed by atoms with Crippen LogP contribution in [0.2, 0.25) is 0 Å². The van der Waals surface area contributed by atoms with Crippen LogP contribution in [0.15, 0.2) is 36.1 Å². The lowest BCUT2D eigenvalue weighted by Crippen LogP contribution is -2.21. The van der Waals surface area contributed by atoms with Gasteiger partial charge in [0, 0.05) is 49.1 Å². The maximum absolute atomic E-state index is 12.1. The molecule has 0 spiro atoms.